The molecule has 14 heavy (non-hydrogen) atoms. The Morgan fingerprint density at radius 1 is 1.71 bits per heavy atom. The fourth-order valence-corrected chi connectivity index (χ4v) is 1.95. The Morgan fingerprint density at radius 2 is 2.43 bits per heavy atom. The Balaban J connectivity index is 2.41. The highest BCUT2D eigenvalue weighted by atomic mass is 32.1. The summed E-state index contributed by atoms with van der Waals surface area (Å²) in [5.74, 6) is 0.750. The van der Waals surface area contributed by atoms with Crippen LogP contribution in [0.15, 0.2) is 17.5 Å². The normalized spacial score (nSPS) is 10.9. The first kappa shape index (κ1) is 11.8. The lowest BCUT2D eigenvalue weighted by Gasteiger charge is -2.15. The van der Waals surface area contributed by atoms with Crippen LogP contribution in [0.1, 0.15) is 10.7 Å². The molecule has 0 N–H and O–H groups in total. The van der Waals surface area contributed by atoms with Crippen LogP contribution in [0.3, 0.4) is 0 Å². The van der Waals surface area contributed by atoms with Crippen molar-refractivity contribution in [2.45, 2.75) is 13.5 Å². The van der Waals surface area contributed by atoms with Crippen molar-refractivity contribution < 1.29 is 0 Å². The van der Waals surface area contributed by atoms with E-state index >= 15 is 0 Å². The predicted molar refractivity (Wildman–Crippen MR) is 66.2 cm³/mol. The van der Waals surface area contributed by atoms with E-state index in [9.17, 15) is 0 Å². The largest absolute Gasteiger partial charge is 0.297 e. The van der Waals surface area contributed by atoms with E-state index in [1.807, 2.05) is 6.92 Å². The molecule has 0 saturated heterocycles. The molecule has 0 spiro atoms. The molecule has 1 heterocycles. The van der Waals surface area contributed by atoms with Gasteiger partial charge in [0.05, 0.1) is 10.7 Å². The maximum atomic E-state index is 4.41. The summed E-state index contributed by atoms with van der Waals surface area (Å²) in [7, 11) is 2.07. The number of aryl methyl sites for hydroxylation is 1. The second kappa shape index (κ2) is 5.53. The van der Waals surface area contributed by atoms with E-state index < -0.39 is 0 Å². The molecule has 0 saturated carbocycles. The van der Waals surface area contributed by atoms with Crippen molar-refractivity contribution in [1.29, 1.82) is 0 Å². The molecule has 78 valence electrons. The van der Waals surface area contributed by atoms with Gasteiger partial charge < -0.3 is 0 Å². The maximum absolute atomic E-state index is 4.41. The van der Waals surface area contributed by atoms with E-state index in [4.69, 9.17) is 0 Å². The molecule has 0 aromatic carbocycles. The van der Waals surface area contributed by atoms with Crippen LogP contribution < -0.4 is 0 Å². The molecular formula is C10H16N2S2. The molecule has 0 aliphatic heterocycles. The molecule has 4 heteroatoms. The Morgan fingerprint density at radius 3 is 2.93 bits per heavy atom. The summed E-state index contributed by atoms with van der Waals surface area (Å²) < 4.78 is 0. The molecule has 0 aliphatic rings. The topological polar surface area (TPSA) is 16.1 Å². The highest BCUT2D eigenvalue weighted by Crippen LogP contribution is 2.10. The van der Waals surface area contributed by atoms with Gasteiger partial charge in [0.1, 0.15) is 0 Å². The number of hydrogen-bond donors (Lipinski definition) is 1. The number of likely N-dealkylation sites (N-methyl/N-ethyl adjacent to an activating group) is 1. The van der Waals surface area contributed by atoms with Gasteiger partial charge in [-0.1, -0.05) is 12.2 Å². The lowest BCUT2D eigenvalue weighted by atomic mass is 10.3. The van der Waals surface area contributed by atoms with E-state index in [2.05, 4.69) is 41.5 Å². The Kier molecular flexibility index (Phi) is 4.65. The number of thiazole rings is 1. The van der Waals surface area contributed by atoms with E-state index in [1.165, 1.54) is 0 Å². The summed E-state index contributed by atoms with van der Waals surface area (Å²) in [6.45, 7) is 7.73. The van der Waals surface area contributed by atoms with Crippen molar-refractivity contribution in [2.24, 2.45) is 0 Å². The number of aromatic nitrogens is 1. The van der Waals surface area contributed by atoms with Crippen LogP contribution in [-0.4, -0.2) is 29.2 Å². The summed E-state index contributed by atoms with van der Waals surface area (Å²) in [5.41, 5.74) is 2.28. The van der Waals surface area contributed by atoms with Crippen LogP contribution in [0.5, 0.6) is 0 Å². The van der Waals surface area contributed by atoms with Gasteiger partial charge >= 0.3 is 0 Å². The van der Waals surface area contributed by atoms with Crippen molar-refractivity contribution in [1.82, 2.24) is 9.88 Å². The highest BCUT2D eigenvalue weighted by Gasteiger charge is 2.04. The molecular weight excluding hydrogens is 212 g/mol. The minimum absolute atomic E-state index is 0.750. The molecule has 0 unspecified atom stereocenters. The fraction of sp³-hybridized carbons (Fsp3) is 0.500. The van der Waals surface area contributed by atoms with Gasteiger partial charge in [-0.3, -0.25) is 4.90 Å². The van der Waals surface area contributed by atoms with E-state index in [-0.39, 0.29) is 0 Å². The molecule has 2 nitrogen and oxygen atoms in total. The number of hydrogen-bond acceptors (Lipinski definition) is 4. The van der Waals surface area contributed by atoms with E-state index in [1.54, 1.807) is 11.3 Å². The van der Waals surface area contributed by atoms with Crippen LogP contribution in [0.4, 0.5) is 0 Å². The van der Waals surface area contributed by atoms with Gasteiger partial charge in [0, 0.05) is 24.2 Å². The third-order valence-electron chi connectivity index (χ3n) is 1.82. The zero-order valence-corrected chi connectivity index (χ0v) is 10.4. The van der Waals surface area contributed by atoms with Gasteiger partial charge in [0.2, 0.25) is 0 Å². The molecule has 1 aromatic heterocycles. The van der Waals surface area contributed by atoms with Crippen molar-refractivity contribution in [2.75, 3.05) is 19.3 Å². The van der Waals surface area contributed by atoms with Gasteiger partial charge in [0.25, 0.3) is 0 Å². The summed E-state index contributed by atoms with van der Waals surface area (Å²) in [6, 6.07) is 0. The van der Waals surface area contributed by atoms with Crippen LogP contribution in [0.25, 0.3) is 0 Å². The van der Waals surface area contributed by atoms with Crippen molar-refractivity contribution in [3.8, 4) is 0 Å². The third-order valence-corrected chi connectivity index (χ3v) is 3.09. The standard InChI is InChI=1S/C10H16N2S2/c1-8(6-13)4-12(3)5-10-7-14-9(2)11-10/h7,13H,1,4-6H2,2-3H3. The Labute approximate surface area is 95.1 Å². The zero-order chi connectivity index (χ0) is 10.6. The average Bonchev–Trinajstić information content (AvgIpc) is 2.50. The zero-order valence-electron chi connectivity index (χ0n) is 8.66. The molecule has 0 aliphatic carbocycles. The van der Waals surface area contributed by atoms with Gasteiger partial charge in [-0.15, -0.1) is 11.3 Å². The SMILES string of the molecule is C=C(CS)CN(C)Cc1csc(C)n1. The van der Waals surface area contributed by atoms with Crippen molar-refractivity contribution in [3.63, 3.8) is 0 Å². The number of thiol groups is 1. The second-order valence-corrected chi connectivity index (χ2v) is 4.82. The first-order valence-electron chi connectivity index (χ1n) is 4.49. The maximum Gasteiger partial charge on any atom is 0.0897 e. The first-order chi connectivity index (χ1) is 6.61. The van der Waals surface area contributed by atoms with Crippen LogP contribution in [0.2, 0.25) is 0 Å². The minimum Gasteiger partial charge on any atom is -0.297 e. The molecule has 0 atom stereocenters. The molecule has 1 aromatic rings. The fourth-order valence-electron chi connectivity index (χ4n) is 1.25. The van der Waals surface area contributed by atoms with Gasteiger partial charge in [-0.2, -0.15) is 12.6 Å². The van der Waals surface area contributed by atoms with E-state index in [0.717, 1.165) is 35.1 Å². The van der Waals surface area contributed by atoms with Gasteiger partial charge in [-0.05, 0) is 14.0 Å². The molecule has 0 radical (unpaired) electrons. The van der Waals surface area contributed by atoms with Crippen molar-refractivity contribution in [3.05, 3.63) is 28.2 Å². The third kappa shape index (κ3) is 3.82. The monoisotopic (exact) mass is 228 g/mol. The second-order valence-electron chi connectivity index (χ2n) is 3.44. The van der Waals surface area contributed by atoms with Crippen LogP contribution >= 0.6 is 24.0 Å². The van der Waals surface area contributed by atoms with E-state index in [0.29, 0.717) is 0 Å². The molecule has 1 rings (SSSR count). The Bertz CT molecular complexity index is 307. The van der Waals surface area contributed by atoms with Gasteiger partial charge in [-0.25, -0.2) is 4.98 Å². The number of rotatable bonds is 5. The molecule has 0 fully saturated rings. The smallest absolute Gasteiger partial charge is 0.0897 e. The molecule has 0 bridgehead atoms. The molecule has 0 amide bonds. The minimum atomic E-state index is 0.750. The lowest BCUT2D eigenvalue weighted by Crippen LogP contribution is -2.21. The van der Waals surface area contributed by atoms with Crippen LogP contribution in [0, 0.1) is 6.92 Å². The summed E-state index contributed by atoms with van der Waals surface area (Å²) in [4.78, 5) is 6.61. The predicted octanol–water partition coefficient (Wildman–Crippen LogP) is 2.37. The lowest BCUT2D eigenvalue weighted by molar-refractivity contribution is 0.352. The van der Waals surface area contributed by atoms with Gasteiger partial charge in [0.15, 0.2) is 0 Å². The average molecular weight is 228 g/mol. The van der Waals surface area contributed by atoms with Crippen molar-refractivity contribution >= 4 is 24.0 Å². The Hall–Kier alpha value is -0.320. The quantitative estimate of drug-likeness (QED) is 0.615. The van der Waals surface area contributed by atoms with Crippen LogP contribution in [-0.2, 0) is 6.54 Å². The summed E-state index contributed by atoms with van der Waals surface area (Å²) >= 11 is 5.88. The summed E-state index contributed by atoms with van der Waals surface area (Å²) in [5, 5.41) is 3.23. The first-order valence-corrected chi connectivity index (χ1v) is 6.00. The highest BCUT2D eigenvalue weighted by molar-refractivity contribution is 7.80. The summed E-state index contributed by atoms with van der Waals surface area (Å²) in [6.07, 6.45) is 0. The number of nitrogens with zero attached hydrogens (tertiary/aromatic N) is 2.